The largest absolute Gasteiger partial charge is 0.378 e. The molecule has 7 heteroatoms. The van der Waals surface area contributed by atoms with Crippen LogP contribution in [0.1, 0.15) is 59.8 Å². The van der Waals surface area contributed by atoms with Crippen LogP contribution in [-0.2, 0) is 9.53 Å². The Morgan fingerprint density at radius 1 is 1.21 bits per heavy atom. The Morgan fingerprint density at radius 3 is 2.46 bits per heavy atom. The van der Waals surface area contributed by atoms with Crippen LogP contribution in [0.5, 0.6) is 0 Å². The molecule has 0 aliphatic heterocycles. The van der Waals surface area contributed by atoms with Gasteiger partial charge in [-0.25, -0.2) is 4.99 Å². The Hall–Kier alpha value is -0.570. The maximum atomic E-state index is 11.8. The Bertz CT molecular complexity index is 377. The van der Waals surface area contributed by atoms with Gasteiger partial charge in [0.1, 0.15) is 6.54 Å². The molecule has 3 N–H and O–H groups in total. The monoisotopic (exact) mass is 454 g/mol. The molecular weight excluding hydrogens is 419 g/mol. The lowest BCUT2D eigenvalue weighted by atomic mass is 10.1. The predicted octanol–water partition coefficient (Wildman–Crippen LogP) is 2.42. The zero-order valence-corrected chi connectivity index (χ0v) is 17.9. The van der Waals surface area contributed by atoms with E-state index in [-0.39, 0.29) is 42.0 Å². The first kappa shape index (κ1) is 23.4. The van der Waals surface area contributed by atoms with Gasteiger partial charge in [0, 0.05) is 25.2 Å². The molecule has 6 nitrogen and oxygen atoms in total. The molecule has 0 unspecified atom stereocenters. The average molecular weight is 454 g/mol. The van der Waals surface area contributed by atoms with Gasteiger partial charge in [-0.3, -0.25) is 4.79 Å². The van der Waals surface area contributed by atoms with Crippen molar-refractivity contribution in [1.29, 1.82) is 0 Å². The summed E-state index contributed by atoms with van der Waals surface area (Å²) in [6.45, 7) is 10.4. The second-order valence-electron chi connectivity index (χ2n) is 7.05. The molecule has 0 atom stereocenters. The number of ether oxygens (including phenoxy) is 1. The van der Waals surface area contributed by atoms with E-state index in [0.29, 0.717) is 12.1 Å². The van der Waals surface area contributed by atoms with E-state index in [9.17, 15) is 4.79 Å². The third kappa shape index (κ3) is 11.9. The number of carbonyl (C=O) groups excluding carboxylic acids is 1. The third-order valence-corrected chi connectivity index (χ3v) is 3.51. The number of guanidine groups is 1. The first-order valence-electron chi connectivity index (χ1n) is 8.85. The summed E-state index contributed by atoms with van der Waals surface area (Å²) in [4.78, 5) is 16.1. The number of nitrogens with one attached hydrogen (secondary N) is 3. The fourth-order valence-electron chi connectivity index (χ4n) is 2.53. The highest BCUT2D eigenvalue weighted by atomic mass is 127. The van der Waals surface area contributed by atoms with Crippen LogP contribution < -0.4 is 16.0 Å². The van der Waals surface area contributed by atoms with Crippen molar-refractivity contribution >= 4 is 35.8 Å². The van der Waals surface area contributed by atoms with Crippen molar-refractivity contribution in [2.75, 3.05) is 26.2 Å². The van der Waals surface area contributed by atoms with Crippen LogP contribution >= 0.6 is 24.0 Å². The molecule has 0 aromatic carbocycles. The van der Waals surface area contributed by atoms with Crippen LogP contribution in [0.2, 0.25) is 0 Å². The Balaban J connectivity index is 0.00000529. The van der Waals surface area contributed by atoms with Crippen LogP contribution in [0, 0.1) is 0 Å². The number of hydrogen-bond acceptors (Lipinski definition) is 3. The van der Waals surface area contributed by atoms with Crippen molar-refractivity contribution < 1.29 is 9.53 Å². The number of amides is 1. The van der Waals surface area contributed by atoms with E-state index in [1.165, 1.54) is 25.7 Å². The van der Waals surface area contributed by atoms with Crippen LogP contribution in [-0.4, -0.2) is 49.8 Å². The van der Waals surface area contributed by atoms with Gasteiger partial charge in [0.2, 0.25) is 5.91 Å². The van der Waals surface area contributed by atoms with Crippen LogP contribution in [0.4, 0.5) is 0 Å². The Labute approximate surface area is 164 Å². The minimum atomic E-state index is -0.226. The molecule has 24 heavy (non-hydrogen) atoms. The van der Waals surface area contributed by atoms with Gasteiger partial charge < -0.3 is 20.7 Å². The topological polar surface area (TPSA) is 74.8 Å². The number of rotatable bonds is 8. The molecule has 0 spiro atoms. The number of carbonyl (C=O) groups is 1. The summed E-state index contributed by atoms with van der Waals surface area (Å²) in [5.74, 6) is 0.608. The van der Waals surface area contributed by atoms with Crippen molar-refractivity contribution in [3.8, 4) is 0 Å². The summed E-state index contributed by atoms with van der Waals surface area (Å²) in [5, 5.41) is 9.30. The van der Waals surface area contributed by atoms with E-state index >= 15 is 0 Å². The normalized spacial score (nSPS) is 15.8. The van der Waals surface area contributed by atoms with Crippen molar-refractivity contribution in [2.24, 2.45) is 4.99 Å². The first-order chi connectivity index (χ1) is 10.9. The zero-order chi connectivity index (χ0) is 17.1. The first-order valence-corrected chi connectivity index (χ1v) is 8.85. The molecule has 0 aromatic rings. The fraction of sp³-hybridized carbons (Fsp3) is 0.882. The molecule has 0 heterocycles. The van der Waals surface area contributed by atoms with E-state index in [4.69, 9.17) is 4.74 Å². The molecule has 1 aliphatic carbocycles. The molecule has 0 aromatic heterocycles. The van der Waals surface area contributed by atoms with E-state index in [0.717, 1.165) is 26.1 Å². The molecular formula is C17H35IN4O2. The van der Waals surface area contributed by atoms with Crippen LogP contribution in [0.3, 0.4) is 0 Å². The second kappa shape index (κ2) is 12.7. The van der Waals surface area contributed by atoms with Gasteiger partial charge in [0.15, 0.2) is 5.96 Å². The van der Waals surface area contributed by atoms with Crippen LogP contribution in [0.25, 0.3) is 0 Å². The van der Waals surface area contributed by atoms with Gasteiger partial charge in [-0.1, -0.05) is 12.8 Å². The predicted molar refractivity (Wildman–Crippen MR) is 110 cm³/mol. The molecule has 142 valence electrons. The maximum absolute atomic E-state index is 11.8. The van der Waals surface area contributed by atoms with Crippen molar-refractivity contribution in [2.45, 2.75) is 71.4 Å². The summed E-state index contributed by atoms with van der Waals surface area (Å²) in [5.41, 5.74) is -0.226. The van der Waals surface area contributed by atoms with E-state index in [1.54, 1.807) is 0 Å². The highest BCUT2D eigenvalue weighted by Gasteiger charge is 2.15. The highest BCUT2D eigenvalue weighted by Crippen LogP contribution is 2.20. The molecule has 1 fully saturated rings. The van der Waals surface area contributed by atoms with Gasteiger partial charge in [0.05, 0.1) is 6.10 Å². The molecule has 1 amide bonds. The van der Waals surface area contributed by atoms with E-state index in [2.05, 4.69) is 20.9 Å². The maximum Gasteiger partial charge on any atom is 0.242 e. The van der Waals surface area contributed by atoms with Crippen molar-refractivity contribution in [3.63, 3.8) is 0 Å². The van der Waals surface area contributed by atoms with Gasteiger partial charge in [-0.05, 0) is 47.0 Å². The lowest BCUT2D eigenvalue weighted by Crippen LogP contribution is -2.43. The number of hydrogen-bond donors (Lipinski definition) is 3. The number of aliphatic imine (C=N–C) groups is 1. The van der Waals surface area contributed by atoms with Crippen LogP contribution in [0.15, 0.2) is 4.99 Å². The molecule has 1 saturated carbocycles. The smallest absolute Gasteiger partial charge is 0.242 e. The summed E-state index contributed by atoms with van der Waals surface area (Å²) in [6, 6.07) is 0. The SMILES string of the molecule is CCNC(=NCC(=O)NC(C)(C)C)NCCCOC1CCCC1.I. The minimum Gasteiger partial charge on any atom is -0.378 e. The molecule has 0 saturated heterocycles. The minimum absolute atomic E-state index is 0. The standard InChI is InChI=1S/C17H34N4O2.HI/c1-5-18-16(20-13-15(22)21-17(2,3)4)19-11-8-12-23-14-9-6-7-10-14;/h14H,5-13H2,1-4H3,(H,21,22)(H2,18,19,20);1H. The summed E-state index contributed by atoms with van der Waals surface area (Å²) in [6.07, 6.45) is 6.43. The zero-order valence-electron chi connectivity index (χ0n) is 15.6. The van der Waals surface area contributed by atoms with Gasteiger partial charge in [0.25, 0.3) is 0 Å². The van der Waals surface area contributed by atoms with E-state index < -0.39 is 0 Å². The summed E-state index contributed by atoms with van der Waals surface area (Å²) < 4.78 is 5.83. The Kier molecular flexibility index (Phi) is 12.4. The number of halogens is 1. The van der Waals surface area contributed by atoms with Crippen molar-refractivity contribution in [3.05, 3.63) is 0 Å². The average Bonchev–Trinajstić information content (AvgIpc) is 2.95. The number of nitrogens with zero attached hydrogens (tertiary/aromatic N) is 1. The summed E-state index contributed by atoms with van der Waals surface area (Å²) >= 11 is 0. The molecule has 1 rings (SSSR count). The lowest BCUT2D eigenvalue weighted by molar-refractivity contribution is -0.121. The van der Waals surface area contributed by atoms with Gasteiger partial charge in [-0.15, -0.1) is 24.0 Å². The fourth-order valence-corrected chi connectivity index (χ4v) is 2.53. The third-order valence-electron chi connectivity index (χ3n) is 3.51. The van der Waals surface area contributed by atoms with E-state index in [1.807, 2.05) is 27.7 Å². The molecule has 0 bridgehead atoms. The quantitative estimate of drug-likeness (QED) is 0.228. The lowest BCUT2D eigenvalue weighted by Gasteiger charge is -2.20. The second-order valence-corrected chi connectivity index (χ2v) is 7.05. The Morgan fingerprint density at radius 2 is 1.88 bits per heavy atom. The van der Waals surface area contributed by atoms with Gasteiger partial charge in [-0.2, -0.15) is 0 Å². The summed E-state index contributed by atoms with van der Waals surface area (Å²) in [7, 11) is 0. The molecule has 0 radical (unpaired) electrons. The molecule has 1 aliphatic rings. The highest BCUT2D eigenvalue weighted by molar-refractivity contribution is 14.0. The van der Waals surface area contributed by atoms with Crippen molar-refractivity contribution in [1.82, 2.24) is 16.0 Å². The van der Waals surface area contributed by atoms with Gasteiger partial charge >= 0.3 is 0 Å².